The van der Waals surface area contributed by atoms with Crippen molar-refractivity contribution in [3.05, 3.63) is 68.8 Å². The highest BCUT2D eigenvalue weighted by atomic mass is 35.5. The Morgan fingerprint density at radius 3 is 2.54 bits per heavy atom. The van der Waals surface area contributed by atoms with Crippen LogP contribution in [-0.4, -0.2) is 19.4 Å². The standard InChI is InChI=1S/C19H16Cl2N2O4S/c1-10-3-4-12-7-13(18(21)23-17(12)11(10)2)9-27-19(24)15-8-14(28(22,25)26)5-6-16(15)20/h3-8H,9H2,1-2H3,(H2,22,25,26). The number of fused-ring (bicyclic) bond motifs is 1. The molecule has 0 atom stereocenters. The molecule has 0 radical (unpaired) electrons. The Morgan fingerprint density at radius 2 is 1.86 bits per heavy atom. The molecule has 2 aromatic carbocycles. The lowest BCUT2D eigenvalue weighted by Gasteiger charge is -2.11. The normalized spacial score (nSPS) is 11.6. The van der Waals surface area contributed by atoms with E-state index in [2.05, 4.69) is 4.98 Å². The Kier molecular flexibility index (Phi) is 5.63. The summed E-state index contributed by atoms with van der Waals surface area (Å²) in [6.45, 7) is 3.80. The molecule has 0 aliphatic heterocycles. The maximum atomic E-state index is 12.4. The van der Waals surface area contributed by atoms with E-state index in [0.29, 0.717) is 5.56 Å². The first-order chi connectivity index (χ1) is 13.1. The lowest BCUT2D eigenvalue weighted by molar-refractivity contribution is 0.0472. The van der Waals surface area contributed by atoms with Gasteiger partial charge in [-0.05, 0) is 49.2 Å². The summed E-state index contributed by atoms with van der Waals surface area (Å²) < 4.78 is 28.2. The molecule has 146 valence electrons. The molecule has 0 spiro atoms. The van der Waals surface area contributed by atoms with E-state index in [1.54, 1.807) is 6.07 Å². The molecule has 1 heterocycles. The van der Waals surface area contributed by atoms with Gasteiger partial charge in [-0.15, -0.1) is 0 Å². The summed E-state index contributed by atoms with van der Waals surface area (Å²) in [4.78, 5) is 16.6. The zero-order valence-corrected chi connectivity index (χ0v) is 17.3. The van der Waals surface area contributed by atoms with E-state index >= 15 is 0 Å². The maximum absolute atomic E-state index is 12.4. The van der Waals surface area contributed by atoms with E-state index in [0.717, 1.165) is 28.1 Å². The van der Waals surface area contributed by atoms with Crippen LogP contribution in [0.25, 0.3) is 10.9 Å². The zero-order chi connectivity index (χ0) is 20.6. The number of carbonyl (C=O) groups is 1. The molecule has 1 aromatic heterocycles. The topological polar surface area (TPSA) is 99.4 Å². The molecule has 28 heavy (non-hydrogen) atoms. The number of hydrogen-bond acceptors (Lipinski definition) is 5. The highest BCUT2D eigenvalue weighted by molar-refractivity contribution is 7.89. The third-order valence-corrected chi connectivity index (χ3v) is 5.95. The fraction of sp³-hybridized carbons (Fsp3) is 0.158. The van der Waals surface area contributed by atoms with Crippen LogP contribution in [0.2, 0.25) is 10.2 Å². The largest absolute Gasteiger partial charge is 0.457 e. The van der Waals surface area contributed by atoms with Gasteiger partial charge in [-0.1, -0.05) is 35.3 Å². The monoisotopic (exact) mass is 438 g/mol. The Balaban J connectivity index is 1.87. The number of primary sulfonamides is 1. The fourth-order valence-corrected chi connectivity index (χ4v) is 3.59. The second kappa shape index (κ2) is 7.67. The van der Waals surface area contributed by atoms with E-state index < -0.39 is 16.0 Å². The number of aryl methyl sites for hydroxylation is 2. The third-order valence-electron chi connectivity index (χ3n) is 4.38. The van der Waals surface area contributed by atoms with Gasteiger partial charge in [0.1, 0.15) is 11.8 Å². The summed E-state index contributed by atoms with van der Waals surface area (Å²) in [5.74, 6) is -0.799. The van der Waals surface area contributed by atoms with Crippen LogP contribution >= 0.6 is 23.2 Å². The van der Waals surface area contributed by atoms with Crippen molar-refractivity contribution >= 4 is 50.1 Å². The molecule has 0 aliphatic rings. The van der Waals surface area contributed by atoms with Crippen molar-refractivity contribution in [3.8, 4) is 0 Å². The lowest BCUT2D eigenvalue weighted by atomic mass is 10.0. The number of benzene rings is 2. The Bertz CT molecular complexity index is 1210. The number of esters is 1. The predicted molar refractivity (Wildman–Crippen MR) is 108 cm³/mol. The number of nitrogens with zero attached hydrogens (tertiary/aromatic N) is 1. The minimum absolute atomic E-state index is 0.0474. The van der Waals surface area contributed by atoms with E-state index in [1.807, 2.05) is 26.0 Å². The van der Waals surface area contributed by atoms with Crippen molar-refractivity contribution in [2.75, 3.05) is 0 Å². The Morgan fingerprint density at radius 1 is 1.14 bits per heavy atom. The summed E-state index contributed by atoms with van der Waals surface area (Å²) in [6.07, 6.45) is 0. The van der Waals surface area contributed by atoms with Gasteiger partial charge in [0, 0.05) is 10.9 Å². The number of aromatic nitrogens is 1. The van der Waals surface area contributed by atoms with Crippen LogP contribution in [0.3, 0.4) is 0 Å². The Hall–Kier alpha value is -2.19. The average Bonchev–Trinajstić information content (AvgIpc) is 2.63. The van der Waals surface area contributed by atoms with E-state index in [4.69, 9.17) is 33.1 Å². The van der Waals surface area contributed by atoms with E-state index in [-0.39, 0.29) is 27.2 Å². The molecule has 2 N–H and O–H groups in total. The van der Waals surface area contributed by atoms with Gasteiger partial charge in [0.25, 0.3) is 0 Å². The van der Waals surface area contributed by atoms with Gasteiger partial charge in [0.05, 0.1) is 21.0 Å². The third kappa shape index (κ3) is 4.12. The minimum atomic E-state index is -3.98. The minimum Gasteiger partial charge on any atom is -0.457 e. The van der Waals surface area contributed by atoms with Crippen LogP contribution in [0.5, 0.6) is 0 Å². The van der Waals surface area contributed by atoms with Gasteiger partial charge in [0.2, 0.25) is 10.0 Å². The number of rotatable bonds is 4. The maximum Gasteiger partial charge on any atom is 0.340 e. The number of hydrogen-bond donors (Lipinski definition) is 1. The van der Waals surface area contributed by atoms with Crippen molar-refractivity contribution in [1.82, 2.24) is 4.98 Å². The molecule has 0 saturated heterocycles. The highest BCUT2D eigenvalue weighted by Crippen LogP contribution is 2.26. The fourth-order valence-electron chi connectivity index (χ4n) is 2.66. The van der Waals surface area contributed by atoms with Crippen LogP contribution in [0.1, 0.15) is 27.0 Å². The first-order valence-electron chi connectivity index (χ1n) is 8.12. The van der Waals surface area contributed by atoms with Gasteiger partial charge in [0.15, 0.2) is 0 Å². The second-order valence-electron chi connectivity index (χ2n) is 6.28. The summed E-state index contributed by atoms with van der Waals surface area (Å²) in [5.41, 5.74) is 3.31. The number of carbonyl (C=O) groups excluding carboxylic acids is 1. The zero-order valence-electron chi connectivity index (χ0n) is 15.0. The van der Waals surface area contributed by atoms with Crippen LogP contribution in [0.15, 0.2) is 41.3 Å². The number of ether oxygens (including phenoxy) is 1. The van der Waals surface area contributed by atoms with Gasteiger partial charge in [-0.3, -0.25) is 0 Å². The summed E-state index contributed by atoms with van der Waals surface area (Å²) in [5, 5.41) is 6.22. The molecule has 0 amide bonds. The molecule has 9 heteroatoms. The molecular weight excluding hydrogens is 423 g/mol. The highest BCUT2D eigenvalue weighted by Gasteiger charge is 2.18. The Labute approximate surface area is 172 Å². The number of halogens is 2. The van der Waals surface area contributed by atoms with Crippen molar-refractivity contribution in [3.63, 3.8) is 0 Å². The molecule has 0 fully saturated rings. The van der Waals surface area contributed by atoms with E-state index in [9.17, 15) is 13.2 Å². The molecule has 6 nitrogen and oxygen atoms in total. The number of nitrogens with two attached hydrogens (primary N) is 1. The van der Waals surface area contributed by atoms with Crippen molar-refractivity contribution in [2.45, 2.75) is 25.3 Å². The number of pyridine rings is 1. The van der Waals surface area contributed by atoms with Crippen LogP contribution < -0.4 is 5.14 Å². The molecule has 3 aromatic rings. The molecular formula is C19H16Cl2N2O4S. The van der Waals surface area contributed by atoms with Gasteiger partial charge < -0.3 is 4.74 Å². The van der Waals surface area contributed by atoms with Gasteiger partial charge in [-0.25, -0.2) is 23.3 Å². The van der Waals surface area contributed by atoms with Crippen LogP contribution in [0, 0.1) is 13.8 Å². The SMILES string of the molecule is Cc1ccc2cc(COC(=O)c3cc(S(N)(=O)=O)ccc3Cl)c(Cl)nc2c1C. The first kappa shape index (κ1) is 20.5. The van der Waals surface area contributed by atoms with Crippen molar-refractivity contribution in [1.29, 1.82) is 0 Å². The molecule has 0 saturated carbocycles. The number of sulfonamides is 1. The lowest BCUT2D eigenvalue weighted by Crippen LogP contribution is -2.14. The van der Waals surface area contributed by atoms with Gasteiger partial charge >= 0.3 is 5.97 Å². The molecule has 0 unspecified atom stereocenters. The van der Waals surface area contributed by atoms with Crippen molar-refractivity contribution < 1.29 is 17.9 Å². The quantitative estimate of drug-likeness (QED) is 0.486. The smallest absolute Gasteiger partial charge is 0.340 e. The summed E-state index contributed by atoms with van der Waals surface area (Å²) in [6, 6.07) is 9.25. The first-order valence-corrected chi connectivity index (χ1v) is 10.4. The summed E-state index contributed by atoms with van der Waals surface area (Å²) in [7, 11) is -3.98. The summed E-state index contributed by atoms with van der Waals surface area (Å²) >= 11 is 12.2. The van der Waals surface area contributed by atoms with E-state index in [1.165, 1.54) is 12.1 Å². The molecule has 0 bridgehead atoms. The second-order valence-corrected chi connectivity index (χ2v) is 8.61. The predicted octanol–water partition coefficient (Wildman–Crippen LogP) is 4.16. The van der Waals surface area contributed by atoms with Crippen LogP contribution in [-0.2, 0) is 21.4 Å². The van der Waals surface area contributed by atoms with Crippen LogP contribution in [0.4, 0.5) is 0 Å². The van der Waals surface area contributed by atoms with Crippen molar-refractivity contribution in [2.24, 2.45) is 5.14 Å². The molecule has 3 rings (SSSR count). The average molecular weight is 439 g/mol. The van der Waals surface area contributed by atoms with Gasteiger partial charge in [-0.2, -0.15) is 0 Å². The molecule has 0 aliphatic carbocycles.